The first-order valence-corrected chi connectivity index (χ1v) is 8.32. The van der Waals surface area contributed by atoms with Crippen molar-refractivity contribution >= 4 is 22.4 Å². The van der Waals surface area contributed by atoms with Crippen LogP contribution in [-0.4, -0.2) is 38.8 Å². The predicted molar refractivity (Wildman–Crippen MR) is 82.3 cm³/mol. The largest absolute Gasteiger partial charge is 0.370 e. The van der Waals surface area contributed by atoms with Crippen LogP contribution in [-0.2, 0) is 10.8 Å². The van der Waals surface area contributed by atoms with Crippen LogP contribution < -0.4 is 10.6 Å². The average Bonchev–Trinajstić information content (AvgIpc) is 2.33. The fraction of sp³-hybridized carbons (Fsp3) is 0.692. The number of aromatic nitrogens is 2. The molecule has 19 heavy (non-hydrogen) atoms. The second kappa shape index (κ2) is 7.43. The topological polar surface area (TPSA) is 66.9 Å². The van der Waals surface area contributed by atoms with E-state index < -0.39 is 10.8 Å². The number of anilines is 2. The minimum atomic E-state index is -0.746. The number of hydrogen-bond acceptors (Lipinski definition) is 5. The van der Waals surface area contributed by atoms with Crippen LogP contribution in [0, 0.1) is 13.8 Å². The number of aryl methyl sites for hydroxylation is 1. The van der Waals surface area contributed by atoms with Gasteiger partial charge in [0.2, 0.25) is 0 Å². The lowest BCUT2D eigenvalue weighted by Crippen LogP contribution is -2.20. The summed E-state index contributed by atoms with van der Waals surface area (Å²) in [6, 6.07) is 0.242. The highest BCUT2D eigenvalue weighted by molar-refractivity contribution is 7.84. The SMILES string of the molecule is CCNc1nc(C)nc(NC(C)CCS(C)=O)c1C. The Morgan fingerprint density at radius 1 is 1.26 bits per heavy atom. The maximum Gasteiger partial charge on any atom is 0.134 e. The molecule has 0 bridgehead atoms. The first-order valence-electron chi connectivity index (χ1n) is 6.59. The molecule has 1 heterocycles. The molecule has 6 heteroatoms. The maximum absolute atomic E-state index is 11.1. The number of nitrogens with one attached hydrogen (secondary N) is 2. The molecule has 0 saturated carbocycles. The molecule has 0 amide bonds. The van der Waals surface area contributed by atoms with Gasteiger partial charge in [0.25, 0.3) is 0 Å². The minimum Gasteiger partial charge on any atom is -0.370 e. The van der Waals surface area contributed by atoms with Gasteiger partial charge in [0.15, 0.2) is 0 Å². The number of rotatable bonds is 7. The van der Waals surface area contributed by atoms with Gasteiger partial charge in [-0.05, 0) is 34.1 Å². The fourth-order valence-corrected chi connectivity index (χ4v) is 2.44. The molecule has 0 aromatic carbocycles. The molecule has 0 fully saturated rings. The molecule has 0 aliphatic carbocycles. The number of hydrogen-bond donors (Lipinski definition) is 2. The Hall–Kier alpha value is -1.17. The summed E-state index contributed by atoms with van der Waals surface area (Å²) in [7, 11) is -0.746. The van der Waals surface area contributed by atoms with Gasteiger partial charge in [-0.15, -0.1) is 0 Å². The van der Waals surface area contributed by atoms with E-state index in [9.17, 15) is 4.21 Å². The molecule has 1 aromatic heterocycles. The van der Waals surface area contributed by atoms with Gasteiger partial charge in [0.05, 0.1) is 0 Å². The van der Waals surface area contributed by atoms with Crippen molar-refractivity contribution in [3.63, 3.8) is 0 Å². The van der Waals surface area contributed by atoms with Gasteiger partial charge >= 0.3 is 0 Å². The van der Waals surface area contributed by atoms with E-state index in [2.05, 4.69) is 27.5 Å². The van der Waals surface area contributed by atoms with Gasteiger partial charge in [-0.3, -0.25) is 4.21 Å². The smallest absolute Gasteiger partial charge is 0.134 e. The zero-order valence-electron chi connectivity index (χ0n) is 12.4. The Balaban J connectivity index is 2.79. The normalized spacial score (nSPS) is 13.9. The van der Waals surface area contributed by atoms with E-state index in [1.54, 1.807) is 6.26 Å². The van der Waals surface area contributed by atoms with Gasteiger partial charge < -0.3 is 10.6 Å². The van der Waals surface area contributed by atoms with E-state index in [0.29, 0.717) is 5.75 Å². The van der Waals surface area contributed by atoms with Gasteiger partial charge in [-0.2, -0.15) is 0 Å². The van der Waals surface area contributed by atoms with Crippen LogP contribution in [0.3, 0.4) is 0 Å². The van der Waals surface area contributed by atoms with Crippen molar-refractivity contribution in [2.75, 3.05) is 29.2 Å². The second-order valence-corrected chi connectivity index (χ2v) is 6.29. The summed E-state index contributed by atoms with van der Waals surface area (Å²) in [6.45, 7) is 8.85. The molecule has 1 aromatic rings. The highest BCUT2D eigenvalue weighted by Gasteiger charge is 2.11. The van der Waals surface area contributed by atoms with E-state index in [-0.39, 0.29) is 6.04 Å². The third kappa shape index (κ3) is 5.14. The second-order valence-electron chi connectivity index (χ2n) is 4.73. The van der Waals surface area contributed by atoms with Crippen LogP contribution in [0.2, 0.25) is 0 Å². The molecule has 5 nitrogen and oxygen atoms in total. The van der Waals surface area contributed by atoms with E-state index in [0.717, 1.165) is 36.0 Å². The third-order valence-electron chi connectivity index (χ3n) is 2.82. The summed E-state index contributed by atoms with van der Waals surface area (Å²) in [5.41, 5.74) is 1.02. The first kappa shape index (κ1) is 15.9. The molecule has 0 aliphatic heterocycles. The van der Waals surface area contributed by atoms with E-state index in [4.69, 9.17) is 0 Å². The lowest BCUT2D eigenvalue weighted by molar-refractivity contribution is 0.678. The molecule has 108 valence electrons. The van der Waals surface area contributed by atoms with Crippen molar-refractivity contribution in [2.24, 2.45) is 0 Å². The summed E-state index contributed by atoms with van der Waals surface area (Å²) in [5.74, 6) is 3.19. The Kier molecular flexibility index (Phi) is 6.21. The zero-order valence-corrected chi connectivity index (χ0v) is 13.2. The van der Waals surface area contributed by atoms with Gasteiger partial charge in [0.1, 0.15) is 17.5 Å². The Morgan fingerprint density at radius 2 is 1.89 bits per heavy atom. The number of nitrogens with zero attached hydrogens (tertiary/aromatic N) is 2. The predicted octanol–water partition coefficient (Wildman–Crippen LogP) is 2.09. The van der Waals surface area contributed by atoms with Gasteiger partial charge in [-0.1, -0.05) is 0 Å². The molecule has 2 atom stereocenters. The van der Waals surface area contributed by atoms with E-state index in [1.807, 2.05) is 20.8 Å². The van der Waals surface area contributed by atoms with Crippen molar-refractivity contribution in [1.29, 1.82) is 0 Å². The van der Waals surface area contributed by atoms with Crippen LogP contribution in [0.15, 0.2) is 0 Å². The van der Waals surface area contributed by atoms with Crippen molar-refractivity contribution in [1.82, 2.24) is 9.97 Å². The summed E-state index contributed by atoms with van der Waals surface area (Å²) in [6.07, 6.45) is 2.60. The molecule has 0 aliphatic rings. The summed E-state index contributed by atoms with van der Waals surface area (Å²) in [4.78, 5) is 8.84. The van der Waals surface area contributed by atoms with Gasteiger partial charge in [-0.25, -0.2) is 9.97 Å². The summed E-state index contributed by atoms with van der Waals surface area (Å²) >= 11 is 0. The monoisotopic (exact) mass is 284 g/mol. The molecule has 0 saturated heterocycles. The standard InChI is InChI=1S/C13H24N4OS/c1-6-14-12-10(3)13(17-11(4)16-12)15-9(2)7-8-19(5)18/h9H,6-8H2,1-5H3,(H2,14,15,16,17). The summed E-state index contributed by atoms with van der Waals surface area (Å²) in [5, 5.41) is 6.62. The molecule has 0 radical (unpaired) electrons. The van der Waals surface area contributed by atoms with Crippen LogP contribution >= 0.6 is 0 Å². The van der Waals surface area contributed by atoms with Crippen LogP contribution in [0.5, 0.6) is 0 Å². The van der Waals surface area contributed by atoms with Crippen molar-refractivity contribution in [2.45, 2.75) is 40.2 Å². The van der Waals surface area contributed by atoms with Crippen molar-refractivity contribution in [3.8, 4) is 0 Å². The molecule has 2 N–H and O–H groups in total. The molecule has 1 rings (SSSR count). The Morgan fingerprint density at radius 3 is 2.47 bits per heavy atom. The Labute approximate surface area is 118 Å². The van der Waals surface area contributed by atoms with Crippen LogP contribution in [0.25, 0.3) is 0 Å². The van der Waals surface area contributed by atoms with E-state index >= 15 is 0 Å². The van der Waals surface area contributed by atoms with Crippen molar-refractivity contribution in [3.05, 3.63) is 11.4 Å². The molecule has 2 unspecified atom stereocenters. The van der Waals surface area contributed by atoms with Gasteiger partial charge in [0, 0.05) is 41.0 Å². The van der Waals surface area contributed by atoms with Crippen LogP contribution in [0.1, 0.15) is 31.7 Å². The quantitative estimate of drug-likeness (QED) is 0.802. The minimum absolute atomic E-state index is 0.242. The van der Waals surface area contributed by atoms with Crippen LogP contribution in [0.4, 0.5) is 11.6 Å². The lowest BCUT2D eigenvalue weighted by atomic mass is 10.2. The first-order chi connectivity index (χ1) is 8.93. The highest BCUT2D eigenvalue weighted by Crippen LogP contribution is 2.20. The lowest BCUT2D eigenvalue weighted by Gasteiger charge is -2.18. The molecular weight excluding hydrogens is 260 g/mol. The third-order valence-corrected chi connectivity index (χ3v) is 3.63. The fourth-order valence-electron chi connectivity index (χ4n) is 1.76. The van der Waals surface area contributed by atoms with Crippen molar-refractivity contribution < 1.29 is 4.21 Å². The Bertz CT molecular complexity index is 451. The average molecular weight is 284 g/mol. The van der Waals surface area contributed by atoms with E-state index in [1.165, 1.54) is 0 Å². The molecular formula is C13H24N4OS. The highest BCUT2D eigenvalue weighted by atomic mass is 32.2. The summed E-state index contributed by atoms with van der Waals surface area (Å²) < 4.78 is 11.1. The maximum atomic E-state index is 11.1. The molecule has 0 spiro atoms. The zero-order chi connectivity index (χ0) is 14.4.